The van der Waals surface area contributed by atoms with Gasteiger partial charge in [-0.2, -0.15) is 0 Å². The van der Waals surface area contributed by atoms with E-state index < -0.39 is 34.3 Å². The van der Waals surface area contributed by atoms with Gasteiger partial charge in [-0.15, -0.1) is 0 Å². The number of hydrogen-bond acceptors (Lipinski definition) is 5. The Morgan fingerprint density at radius 1 is 1.13 bits per heavy atom. The molecule has 0 radical (unpaired) electrons. The second-order valence-corrected chi connectivity index (χ2v) is 8.76. The van der Waals surface area contributed by atoms with Crippen molar-refractivity contribution in [3.05, 3.63) is 63.9 Å². The van der Waals surface area contributed by atoms with Gasteiger partial charge >= 0.3 is 5.97 Å². The van der Waals surface area contributed by atoms with Crippen LogP contribution in [-0.4, -0.2) is 45.4 Å². The summed E-state index contributed by atoms with van der Waals surface area (Å²) in [5.41, 5.74) is 0.588. The van der Waals surface area contributed by atoms with Crippen molar-refractivity contribution in [3.8, 4) is 0 Å². The van der Waals surface area contributed by atoms with Gasteiger partial charge in [-0.1, -0.05) is 41.4 Å². The summed E-state index contributed by atoms with van der Waals surface area (Å²) < 4.78 is 44.8. The third-order valence-electron chi connectivity index (χ3n) is 3.90. The van der Waals surface area contributed by atoms with Crippen LogP contribution in [0, 0.1) is 5.82 Å². The molecule has 0 aromatic heterocycles. The SMILES string of the molecule is CN(Cc1cccc(F)c1)C(=O)COC(=O)CCNS(=O)(=O)c1c(Cl)cccc1Cl. The zero-order chi connectivity index (χ0) is 22.3. The summed E-state index contributed by atoms with van der Waals surface area (Å²) in [6.45, 7) is -0.643. The molecule has 0 spiro atoms. The summed E-state index contributed by atoms with van der Waals surface area (Å²) in [5, 5.41) is -0.103. The number of nitrogens with zero attached hydrogens (tertiary/aromatic N) is 1. The molecule has 1 N–H and O–H groups in total. The van der Waals surface area contributed by atoms with Crippen molar-refractivity contribution in [1.82, 2.24) is 9.62 Å². The third kappa shape index (κ3) is 6.94. The summed E-state index contributed by atoms with van der Waals surface area (Å²) in [6.07, 6.45) is -0.303. The largest absolute Gasteiger partial charge is 0.456 e. The minimum Gasteiger partial charge on any atom is -0.456 e. The van der Waals surface area contributed by atoms with Gasteiger partial charge in [0.1, 0.15) is 10.7 Å². The first-order valence-corrected chi connectivity index (χ1v) is 10.9. The molecular weight excluding hydrogens is 458 g/mol. The lowest BCUT2D eigenvalue weighted by molar-refractivity contribution is -0.151. The molecule has 2 aromatic rings. The van der Waals surface area contributed by atoms with Gasteiger partial charge < -0.3 is 9.64 Å². The maximum atomic E-state index is 13.2. The van der Waals surface area contributed by atoms with Gasteiger partial charge in [0, 0.05) is 20.1 Å². The molecule has 2 aromatic carbocycles. The number of ether oxygens (including phenoxy) is 1. The van der Waals surface area contributed by atoms with E-state index >= 15 is 0 Å². The smallest absolute Gasteiger partial charge is 0.307 e. The highest BCUT2D eigenvalue weighted by Crippen LogP contribution is 2.28. The highest BCUT2D eigenvalue weighted by atomic mass is 35.5. The molecule has 0 aliphatic rings. The number of likely N-dealkylation sites (N-methyl/N-ethyl adjacent to an activating group) is 1. The first-order chi connectivity index (χ1) is 14.1. The van der Waals surface area contributed by atoms with Gasteiger partial charge in [-0.25, -0.2) is 17.5 Å². The first-order valence-electron chi connectivity index (χ1n) is 8.68. The minimum absolute atomic E-state index is 0.0514. The molecular formula is C19H19Cl2FN2O5S. The molecule has 0 unspecified atom stereocenters. The number of carbonyl (C=O) groups excluding carboxylic acids is 2. The lowest BCUT2D eigenvalue weighted by Crippen LogP contribution is -2.32. The van der Waals surface area contributed by atoms with Crippen LogP contribution in [0.15, 0.2) is 47.4 Å². The number of hydrogen-bond donors (Lipinski definition) is 1. The van der Waals surface area contributed by atoms with Crippen LogP contribution in [0.2, 0.25) is 10.0 Å². The van der Waals surface area contributed by atoms with E-state index in [4.69, 9.17) is 27.9 Å². The van der Waals surface area contributed by atoms with Crippen LogP contribution in [0.3, 0.4) is 0 Å². The van der Waals surface area contributed by atoms with E-state index in [-0.39, 0.29) is 34.5 Å². The van der Waals surface area contributed by atoms with Crippen LogP contribution in [0.1, 0.15) is 12.0 Å². The normalized spacial score (nSPS) is 11.2. The second-order valence-electron chi connectivity index (χ2n) is 6.24. The van der Waals surface area contributed by atoms with Crippen molar-refractivity contribution < 1.29 is 27.1 Å². The molecule has 11 heteroatoms. The van der Waals surface area contributed by atoms with Gasteiger partial charge in [-0.05, 0) is 29.8 Å². The van der Waals surface area contributed by atoms with Crippen molar-refractivity contribution >= 4 is 45.1 Å². The summed E-state index contributed by atoms with van der Waals surface area (Å²) in [6, 6.07) is 10.0. The van der Waals surface area contributed by atoms with E-state index in [9.17, 15) is 22.4 Å². The highest BCUT2D eigenvalue weighted by Gasteiger charge is 2.21. The van der Waals surface area contributed by atoms with Crippen molar-refractivity contribution in [2.24, 2.45) is 0 Å². The standard InChI is InChI=1S/C19H19Cl2FN2O5S/c1-24(11-13-4-2-5-14(22)10-13)17(25)12-29-18(26)8-9-23-30(27,28)19-15(20)6-3-7-16(19)21/h2-7,10,23H,8-9,11-12H2,1H3. The maximum Gasteiger partial charge on any atom is 0.307 e. The third-order valence-corrected chi connectivity index (χ3v) is 6.32. The number of carbonyl (C=O) groups is 2. The fraction of sp³-hybridized carbons (Fsp3) is 0.263. The number of amides is 1. The van der Waals surface area contributed by atoms with Crippen molar-refractivity contribution in [2.75, 3.05) is 20.2 Å². The van der Waals surface area contributed by atoms with Gasteiger partial charge in [0.05, 0.1) is 16.5 Å². The van der Waals surface area contributed by atoms with Gasteiger partial charge in [0.25, 0.3) is 5.91 Å². The van der Waals surface area contributed by atoms with Crippen molar-refractivity contribution in [2.45, 2.75) is 17.9 Å². The molecule has 0 aliphatic heterocycles. The van der Waals surface area contributed by atoms with Gasteiger partial charge in [-0.3, -0.25) is 9.59 Å². The molecule has 30 heavy (non-hydrogen) atoms. The molecule has 0 aliphatic carbocycles. The monoisotopic (exact) mass is 476 g/mol. The predicted octanol–water partition coefficient (Wildman–Crippen LogP) is 3.00. The molecule has 0 saturated carbocycles. The Balaban J connectivity index is 1.78. The lowest BCUT2D eigenvalue weighted by atomic mass is 10.2. The maximum absolute atomic E-state index is 13.2. The van der Waals surface area contributed by atoms with Gasteiger partial charge in [0.2, 0.25) is 10.0 Å². The van der Waals surface area contributed by atoms with E-state index in [1.165, 1.54) is 48.3 Å². The number of nitrogens with one attached hydrogen (secondary N) is 1. The van der Waals surface area contributed by atoms with E-state index in [1.54, 1.807) is 6.07 Å². The number of esters is 1. The number of rotatable bonds is 9. The fourth-order valence-corrected chi connectivity index (χ4v) is 4.59. The van der Waals surface area contributed by atoms with Crippen LogP contribution in [0.4, 0.5) is 4.39 Å². The summed E-state index contributed by atoms with van der Waals surface area (Å²) in [7, 11) is -2.54. The van der Waals surface area contributed by atoms with Crippen LogP contribution >= 0.6 is 23.2 Å². The van der Waals surface area contributed by atoms with E-state index in [0.717, 1.165) is 0 Å². The Bertz CT molecular complexity index is 1010. The van der Waals surface area contributed by atoms with E-state index in [0.29, 0.717) is 5.56 Å². The Hall–Kier alpha value is -2.20. The summed E-state index contributed by atoms with van der Waals surface area (Å²) in [4.78, 5) is 24.8. The molecule has 0 heterocycles. The van der Waals surface area contributed by atoms with Crippen LogP contribution in [0.5, 0.6) is 0 Å². The fourth-order valence-electron chi connectivity index (χ4n) is 2.42. The molecule has 162 valence electrons. The molecule has 7 nitrogen and oxygen atoms in total. The average molecular weight is 477 g/mol. The summed E-state index contributed by atoms with van der Waals surface area (Å²) >= 11 is 11.8. The quantitative estimate of drug-likeness (QED) is 0.561. The van der Waals surface area contributed by atoms with E-state index in [1.807, 2.05) is 0 Å². The molecule has 0 atom stereocenters. The van der Waals surface area contributed by atoms with Crippen molar-refractivity contribution in [1.29, 1.82) is 0 Å². The topological polar surface area (TPSA) is 92.8 Å². The Morgan fingerprint density at radius 3 is 2.40 bits per heavy atom. The Kier molecular flexibility index (Phi) is 8.60. The minimum atomic E-state index is -4.03. The van der Waals surface area contributed by atoms with Gasteiger partial charge in [0.15, 0.2) is 6.61 Å². The zero-order valence-electron chi connectivity index (χ0n) is 15.9. The average Bonchev–Trinajstić information content (AvgIpc) is 2.65. The number of halogens is 3. The van der Waals surface area contributed by atoms with E-state index in [2.05, 4.69) is 4.72 Å². The van der Waals surface area contributed by atoms with Crippen LogP contribution in [0.25, 0.3) is 0 Å². The van der Waals surface area contributed by atoms with Crippen molar-refractivity contribution in [3.63, 3.8) is 0 Å². The molecule has 0 fully saturated rings. The molecule has 1 amide bonds. The zero-order valence-corrected chi connectivity index (χ0v) is 18.2. The number of sulfonamides is 1. The molecule has 2 rings (SSSR count). The Labute approximate surface area is 183 Å². The molecule has 0 bridgehead atoms. The Morgan fingerprint density at radius 2 is 1.77 bits per heavy atom. The predicted molar refractivity (Wildman–Crippen MR) is 110 cm³/mol. The van der Waals surface area contributed by atoms with Crippen LogP contribution in [-0.2, 0) is 30.9 Å². The second kappa shape index (κ2) is 10.7. The summed E-state index contributed by atoms with van der Waals surface area (Å²) in [5.74, 6) is -1.67. The number of benzene rings is 2. The molecule has 0 saturated heterocycles. The highest BCUT2D eigenvalue weighted by molar-refractivity contribution is 7.89. The lowest BCUT2D eigenvalue weighted by Gasteiger charge is -2.17. The van der Waals surface area contributed by atoms with Crippen LogP contribution < -0.4 is 4.72 Å². The first kappa shape index (κ1) is 24.1.